The van der Waals surface area contributed by atoms with E-state index in [-0.39, 0.29) is 16.7 Å². The fourth-order valence-electron chi connectivity index (χ4n) is 1.97. The molecule has 1 aromatic heterocycles. The van der Waals surface area contributed by atoms with Crippen molar-refractivity contribution < 1.29 is 4.92 Å². The lowest BCUT2D eigenvalue weighted by atomic mass is 10.2. The van der Waals surface area contributed by atoms with E-state index in [1.807, 2.05) is 18.7 Å². The Labute approximate surface area is 114 Å². The minimum absolute atomic E-state index is 0.0591. The van der Waals surface area contributed by atoms with Gasteiger partial charge in [-0.1, -0.05) is 6.92 Å². The van der Waals surface area contributed by atoms with Crippen molar-refractivity contribution in [3.63, 3.8) is 0 Å². The van der Waals surface area contributed by atoms with E-state index in [0.29, 0.717) is 18.2 Å². The zero-order valence-corrected chi connectivity index (χ0v) is 12.0. The van der Waals surface area contributed by atoms with Crippen molar-refractivity contribution >= 4 is 17.3 Å². The second-order valence-corrected chi connectivity index (χ2v) is 4.37. The number of hydrogen-bond donors (Lipinski definition) is 1. The zero-order chi connectivity index (χ0) is 14.4. The highest BCUT2D eigenvalue weighted by Crippen LogP contribution is 2.29. The quantitative estimate of drug-likeness (QED) is 0.606. The minimum atomic E-state index is -0.372. The summed E-state index contributed by atoms with van der Waals surface area (Å²) in [4.78, 5) is 17.1. The first-order chi connectivity index (χ1) is 9.04. The van der Waals surface area contributed by atoms with Crippen LogP contribution in [0.15, 0.2) is 12.1 Å². The molecule has 1 rings (SSSR count). The van der Waals surface area contributed by atoms with Gasteiger partial charge in [-0.3, -0.25) is 10.1 Å². The Morgan fingerprint density at radius 2 is 2.11 bits per heavy atom. The van der Waals surface area contributed by atoms with Crippen molar-refractivity contribution in [1.29, 1.82) is 0 Å². The molecule has 1 atom stereocenters. The topological polar surface area (TPSA) is 71.3 Å². The number of anilines is 2. The Hall–Kier alpha value is -1.85. The predicted octanol–water partition coefficient (Wildman–Crippen LogP) is 3.05. The van der Waals surface area contributed by atoms with E-state index in [2.05, 4.69) is 24.1 Å². The molecule has 0 radical (unpaired) electrons. The van der Waals surface area contributed by atoms with E-state index in [1.165, 1.54) is 6.07 Å². The van der Waals surface area contributed by atoms with Crippen molar-refractivity contribution in [2.45, 2.75) is 40.2 Å². The summed E-state index contributed by atoms with van der Waals surface area (Å²) in [6.45, 7) is 9.49. The molecule has 0 aliphatic rings. The van der Waals surface area contributed by atoms with Crippen LogP contribution in [0.1, 0.15) is 34.1 Å². The van der Waals surface area contributed by atoms with Crippen LogP contribution in [0.2, 0.25) is 0 Å². The molecule has 6 heteroatoms. The molecule has 0 amide bonds. The molecule has 0 aliphatic heterocycles. The summed E-state index contributed by atoms with van der Waals surface area (Å²) < 4.78 is 0. The lowest BCUT2D eigenvalue weighted by Gasteiger charge is -2.28. The number of nitro groups is 1. The Morgan fingerprint density at radius 1 is 1.42 bits per heavy atom. The second-order valence-electron chi connectivity index (χ2n) is 4.37. The summed E-state index contributed by atoms with van der Waals surface area (Å²) in [7, 11) is 0. The van der Waals surface area contributed by atoms with E-state index in [4.69, 9.17) is 0 Å². The SMILES string of the molecule is CCNc1ccc([N+](=O)[O-])c(N(CC)C(C)CC)n1. The van der Waals surface area contributed by atoms with Crippen LogP contribution in [0.25, 0.3) is 0 Å². The van der Waals surface area contributed by atoms with Crippen molar-refractivity contribution in [3.05, 3.63) is 22.2 Å². The minimum Gasteiger partial charge on any atom is -0.370 e. The van der Waals surface area contributed by atoms with Crippen LogP contribution in [0.4, 0.5) is 17.3 Å². The van der Waals surface area contributed by atoms with Gasteiger partial charge in [-0.15, -0.1) is 0 Å². The smallest absolute Gasteiger partial charge is 0.311 e. The largest absolute Gasteiger partial charge is 0.370 e. The van der Waals surface area contributed by atoms with Gasteiger partial charge >= 0.3 is 5.69 Å². The Bertz CT molecular complexity index is 437. The summed E-state index contributed by atoms with van der Waals surface area (Å²) in [5.74, 6) is 1.12. The van der Waals surface area contributed by atoms with E-state index in [0.717, 1.165) is 13.0 Å². The highest BCUT2D eigenvalue weighted by molar-refractivity contribution is 5.62. The molecule has 0 spiro atoms. The predicted molar refractivity (Wildman–Crippen MR) is 77.8 cm³/mol. The van der Waals surface area contributed by atoms with Crippen molar-refractivity contribution in [1.82, 2.24) is 4.98 Å². The average molecular weight is 266 g/mol. The maximum absolute atomic E-state index is 11.1. The molecule has 0 saturated heterocycles. The molecular formula is C13H22N4O2. The third-order valence-corrected chi connectivity index (χ3v) is 3.14. The van der Waals surface area contributed by atoms with E-state index < -0.39 is 0 Å². The average Bonchev–Trinajstić information content (AvgIpc) is 2.39. The van der Waals surface area contributed by atoms with Gasteiger partial charge in [0.25, 0.3) is 0 Å². The Balaban J connectivity index is 3.25. The number of hydrogen-bond acceptors (Lipinski definition) is 5. The Morgan fingerprint density at radius 3 is 2.58 bits per heavy atom. The number of nitrogens with zero attached hydrogens (tertiary/aromatic N) is 3. The fraction of sp³-hybridized carbons (Fsp3) is 0.615. The van der Waals surface area contributed by atoms with Crippen molar-refractivity contribution in [3.8, 4) is 0 Å². The molecule has 1 heterocycles. The molecule has 1 unspecified atom stereocenters. The van der Waals surface area contributed by atoms with Crippen molar-refractivity contribution in [2.24, 2.45) is 0 Å². The van der Waals surface area contributed by atoms with Crippen LogP contribution >= 0.6 is 0 Å². The van der Waals surface area contributed by atoms with Crippen LogP contribution in [-0.2, 0) is 0 Å². The monoisotopic (exact) mass is 266 g/mol. The molecule has 0 bridgehead atoms. The summed E-state index contributed by atoms with van der Waals surface area (Å²) >= 11 is 0. The fourth-order valence-corrected chi connectivity index (χ4v) is 1.97. The van der Waals surface area contributed by atoms with E-state index in [1.54, 1.807) is 6.07 Å². The molecule has 106 valence electrons. The lowest BCUT2D eigenvalue weighted by Crippen LogP contribution is -2.33. The normalized spacial score (nSPS) is 12.0. The summed E-state index contributed by atoms with van der Waals surface area (Å²) in [6, 6.07) is 3.38. The van der Waals surface area contributed by atoms with Crippen LogP contribution in [0.3, 0.4) is 0 Å². The molecule has 0 aliphatic carbocycles. The maximum atomic E-state index is 11.1. The number of aromatic nitrogens is 1. The summed E-state index contributed by atoms with van der Waals surface area (Å²) in [5, 5.41) is 14.2. The van der Waals surface area contributed by atoms with Gasteiger partial charge in [0.05, 0.1) is 4.92 Å². The van der Waals surface area contributed by atoms with Gasteiger partial charge in [0.2, 0.25) is 5.82 Å². The van der Waals surface area contributed by atoms with Crippen LogP contribution in [0.5, 0.6) is 0 Å². The van der Waals surface area contributed by atoms with Gasteiger partial charge < -0.3 is 10.2 Å². The Kier molecular flexibility index (Phi) is 5.54. The third kappa shape index (κ3) is 3.56. The molecule has 0 aromatic carbocycles. The third-order valence-electron chi connectivity index (χ3n) is 3.14. The first-order valence-corrected chi connectivity index (χ1v) is 6.71. The molecule has 19 heavy (non-hydrogen) atoms. The number of rotatable bonds is 7. The van der Waals surface area contributed by atoms with Gasteiger partial charge in [-0.2, -0.15) is 0 Å². The molecule has 0 saturated carbocycles. The van der Waals surface area contributed by atoms with Crippen molar-refractivity contribution in [2.75, 3.05) is 23.3 Å². The highest BCUT2D eigenvalue weighted by atomic mass is 16.6. The first kappa shape index (κ1) is 15.2. The van der Waals surface area contributed by atoms with Gasteiger partial charge in [0.1, 0.15) is 5.82 Å². The highest BCUT2D eigenvalue weighted by Gasteiger charge is 2.23. The van der Waals surface area contributed by atoms with E-state index >= 15 is 0 Å². The second kappa shape index (κ2) is 6.92. The van der Waals surface area contributed by atoms with Gasteiger partial charge in [-0.05, 0) is 33.3 Å². The zero-order valence-electron chi connectivity index (χ0n) is 12.0. The standard InChI is InChI=1S/C13H22N4O2/c1-5-10(4)16(7-3)13-11(17(18)19)8-9-12(15-13)14-6-2/h8-10H,5-7H2,1-4H3,(H,14,15). The summed E-state index contributed by atoms with van der Waals surface area (Å²) in [5.41, 5.74) is 0.0591. The molecule has 1 N–H and O–H groups in total. The van der Waals surface area contributed by atoms with Gasteiger partial charge in [-0.25, -0.2) is 4.98 Å². The van der Waals surface area contributed by atoms with Crippen LogP contribution in [0, 0.1) is 10.1 Å². The number of nitrogens with one attached hydrogen (secondary N) is 1. The first-order valence-electron chi connectivity index (χ1n) is 6.71. The van der Waals surface area contributed by atoms with Crippen LogP contribution in [-0.4, -0.2) is 29.0 Å². The summed E-state index contributed by atoms with van der Waals surface area (Å²) in [6.07, 6.45) is 0.915. The molecule has 6 nitrogen and oxygen atoms in total. The molecule has 0 fully saturated rings. The van der Waals surface area contributed by atoms with Gasteiger partial charge in [0, 0.05) is 25.2 Å². The maximum Gasteiger partial charge on any atom is 0.311 e. The lowest BCUT2D eigenvalue weighted by molar-refractivity contribution is -0.384. The van der Waals surface area contributed by atoms with E-state index in [9.17, 15) is 10.1 Å². The van der Waals surface area contributed by atoms with Crippen LogP contribution < -0.4 is 10.2 Å². The molecule has 1 aromatic rings. The number of pyridine rings is 1. The van der Waals surface area contributed by atoms with Gasteiger partial charge in [0.15, 0.2) is 0 Å². The molecular weight excluding hydrogens is 244 g/mol.